The molecular formula is C20H22N4O2S. The minimum Gasteiger partial charge on any atom is -0.488 e. The number of rotatable bonds is 6. The molecule has 3 heterocycles. The van der Waals surface area contributed by atoms with E-state index in [2.05, 4.69) is 26.7 Å². The van der Waals surface area contributed by atoms with Crippen LogP contribution in [-0.4, -0.2) is 30.1 Å². The van der Waals surface area contributed by atoms with Gasteiger partial charge in [0.05, 0.1) is 18.0 Å². The quantitative estimate of drug-likeness (QED) is 0.505. The maximum atomic E-state index is 5.97. The molecule has 7 heteroatoms. The highest BCUT2D eigenvalue weighted by Gasteiger charge is 2.22. The number of fused-ring (bicyclic) bond motifs is 1. The van der Waals surface area contributed by atoms with Gasteiger partial charge in [0, 0.05) is 13.0 Å². The van der Waals surface area contributed by atoms with Crippen molar-refractivity contribution in [3.05, 3.63) is 59.3 Å². The van der Waals surface area contributed by atoms with E-state index >= 15 is 0 Å². The van der Waals surface area contributed by atoms with Gasteiger partial charge in [0.1, 0.15) is 23.8 Å². The SMILES string of the molecule is CCNC(=NCc1coc(-c2cccs2)n1)NCC1Cc2ccccc2O1. The molecule has 0 saturated carbocycles. The number of para-hydroxylation sites is 1. The monoisotopic (exact) mass is 382 g/mol. The van der Waals surface area contributed by atoms with Gasteiger partial charge in [-0.15, -0.1) is 11.3 Å². The van der Waals surface area contributed by atoms with Gasteiger partial charge in [-0.3, -0.25) is 0 Å². The molecule has 3 aromatic rings. The summed E-state index contributed by atoms with van der Waals surface area (Å²) < 4.78 is 11.5. The molecule has 4 rings (SSSR count). The molecule has 0 radical (unpaired) electrons. The predicted octanol–water partition coefficient (Wildman–Crippen LogP) is 3.46. The van der Waals surface area contributed by atoms with Gasteiger partial charge < -0.3 is 19.8 Å². The molecular weight excluding hydrogens is 360 g/mol. The highest BCUT2D eigenvalue weighted by Crippen LogP contribution is 2.27. The Bertz CT molecular complexity index is 879. The first-order chi connectivity index (χ1) is 13.3. The number of hydrogen-bond acceptors (Lipinski definition) is 5. The lowest BCUT2D eigenvalue weighted by Gasteiger charge is -2.15. The molecule has 1 aliphatic rings. The number of oxazole rings is 1. The Morgan fingerprint density at radius 1 is 1.26 bits per heavy atom. The van der Waals surface area contributed by atoms with E-state index in [0.29, 0.717) is 19.0 Å². The van der Waals surface area contributed by atoms with Crippen molar-refractivity contribution in [1.82, 2.24) is 15.6 Å². The lowest BCUT2D eigenvalue weighted by Crippen LogP contribution is -2.42. The van der Waals surface area contributed by atoms with Gasteiger partial charge in [-0.1, -0.05) is 24.3 Å². The molecule has 2 aromatic heterocycles. The fourth-order valence-corrected chi connectivity index (χ4v) is 3.63. The van der Waals surface area contributed by atoms with Crippen molar-refractivity contribution in [2.24, 2.45) is 4.99 Å². The van der Waals surface area contributed by atoms with E-state index in [-0.39, 0.29) is 6.10 Å². The highest BCUT2D eigenvalue weighted by molar-refractivity contribution is 7.13. The molecule has 140 valence electrons. The van der Waals surface area contributed by atoms with Gasteiger partial charge in [0.15, 0.2) is 5.96 Å². The van der Waals surface area contributed by atoms with Gasteiger partial charge in [0.25, 0.3) is 0 Å². The van der Waals surface area contributed by atoms with Gasteiger partial charge in [-0.2, -0.15) is 0 Å². The number of thiophene rings is 1. The zero-order valence-electron chi connectivity index (χ0n) is 15.1. The number of nitrogens with one attached hydrogen (secondary N) is 2. The lowest BCUT2D eigenvalue weighted by molar-refractivity contribution is 0.235. The van der Waals surface area contributed by atoms with Crippen LogP contribution in [0.4, 0.5) is 0 Å². The first-order valence-corrected chi connectivity index (χ1v) is 9.95. The first kappa shape index (κ1) is 17.6. The summed E-state index contributed by atoms with van der Waals surface area (Å²) in [6, 6.07) is 12.2. The third-order valence-corrected chi connectivity index (χ3v) is 5.10. The van der Waals surface area contributed by atoms with Crippen LogP contribution in [0.1, 0.15) is 18.2 Å². The van der Waals surface area contributed by atoms with Crippen LogP contribution in [0.15, 0.2) is 57.5 Å². The van der Waals surface area contributed by atoms with Gasteiger partial charge in [-0.05, 0) is 30.0 Å². The summed E-state index contributed by atoms with van der Waals surface area (Å²) in [5, 5.41) is 8.63. The van der Waals surface area contributed by atoms with Gasteiger partial charge >= 0.3 is 0 Å². The normalized spacial score (nSPS) is 16.0. The van der Waals surface area contributed by atoms with Crippen LogP contribution in [0.25, 0.3) is 10.8 Å². The number of nitrogens with zero attached hydrogens (tertiary/aromatic N) is 2. The van der Waals surface area contributed by atoms with Gasteiger partial charge in [0.2, 0.25) is 5.89 Å². The van der Waals surface area contributed by atoms with E-state index in [1.54, 1.807) is 17.6 Å². The predicted molar refractivity (Wildman–Crippen MR) is 107 cm³/mol. The fourth-order valence-electron chi connectivity index (χ4n) is 2.97. The maximum absolute atomic E-state index is 5.97. The van der Waals surface area contributed by atoms with Crippen molar-refractivity contribution in [2.45, 2.75) is 26.0 Å². The maximum Gasteiger partial charge on any atom is 0.236 e. The van der Waals surface area contributed by atoms with Crippen molar-refractivity contribution in [2.75, 3.05) is 13.1 Å². The Morgan fingerprint density at radius 2 is 2.19 bits per heavy atom. The van der Waals surface area contributed by atoms with E-state index in [9.17, 15) is 0 Å². The van der Waals surface area contributed by atoms with Crippen molar-refractivity contribution in [3.8, 4) is 16.5 Å². The van der Waals surface area contributed by atoms with Crippen LogP contribution in [0.5, 0.6) is 5.75 Å². The van der Waals surface area contributed by atoms with Crippen molar-refractivity contribution in [3.63, 3.8) is 0 Å². The number of guanidine groups is 1. The summed E-state index contributed by atoms with van der Waals surface area (Å²) in [6.07, 6.45) is 2.69. The summed E-state index contributed by atoms with van der Waals surface area (Å²) in [7, 11) is 0. The van der Waals surface area contributed by atoms with Crippen molar-refractivity contribution < 1.29 is 9.15 Å². The summed E-state index contributed by atoms with van der Waals surface area (Å²) in [6.45, 7) is 3.98. The molecule has 0 fully saturated rings. The number of aromatic nitrogens is 1. The molecule has 0 amide bonds. The van der Waals surface area contributed by atoms with Gasteiger partial charge in [-0.25, -0.2) is 9.98 Å². The zero-order chi connectivity index (χ0) is 18.5. The molecule has 0 saturated heterocycles. The van der Waals surface area contributed by atoms with Crippen LogP contribution in [0.2, 0.25) is 0 Å². The summed E-state index contributed by atoms with van der Waals surface area (Å²) in [4.78, 5) is 10.1. The van der Waals surface area contributed by atoms with E-state index in [4.69, 9.17) is 9.15 Å². The minimum absolute atomic E-state index is 0.115. The Kier molecular flexibility index (Phi) is 5.39. The molecule has 6 nitrogen and oxygen atoms in total. The summed E-state index contributed by atoms with van der Waals surface area (Å²) in [5.74, 6) is 2.37. The second-order valence-corrected chi connectivity index (χ2v) is 7.20. The molecule has 0 aliphatic carbocycles. The Morgan fingerprint density at radius 3 is 3.00 bits per heavy atom. The van der Waals surface area contributed by atoms with Crippen LogP contribution < -0.4 is 15.4 Å². The molecule has 2 N–H and O–H groups in total. The number of hydrogen-bond donors (Lipinski definition) is 2. The largest absolute Gasteiger partial charge is 0.488 e. The molecule has 1 aliphatic heterocycles. The summed E-state index contributed by atoms with van der Waals surface area (Å²) >= 11 is 1.61. The highest BCUT2D eigenvalue weighted by atomic mass is 32.1. The van der Waals surface area contributed by atoms with E-state index in [1.807, 2.05) is 42.6 Å². The van der Waals surface area contributed by atoms with Crippen LogP contribution in [0.3, 0.4) is 0 Å². The molecule has 0 bridgehead atoms. The van der Waals surface area contributed by atoms with Crippen LogP contribution >= 0.6 is 11.3 Å². The number of aliphatic imine (C=N–C) groups is 1. The van der Waals surface area contributed by atoms with E-state index < -0.39 is 0 Å². The third-order valence-electron chi connectivity index (χ3n) is 4.24. The smallest absolute Gasteiger partial charge is 0.236 e. The second-order valence-electron chi connectivity index (χ2n) is 6.25. The first-order valence-electron chi connectivity index (χ1n) is 9.07. The molecule has 1 aromatic carbocycles. The minimum atomic E-state index is 0.115. The topological polar surface area (TPSA) is 71.7 Å². The molecule has 1 unspecified atom stereocenters. The van der Waals surface area contributed by atoms with Crippen molar-refractivity contribution in [1.29, 1.82) is 0 Å². The third kappa shape index (κ3) is 4.31. The fraction of sp³-hybridized carbons (Fsp3) is 0.300. The van der Waals surface area contributed by atoms with Crippen LogP contribution in [-0.2, 0) is 13.0 Å². The average molecular weight is 382 g/mol. The zero-order valence-corrected chi connectivity index (χ0v) is 16.0. The molecule has 1 atom stereocenters. The standard InChI is InChI=1S/C20H22N4O2S/c1-2-21-20(23-12-16-10-14-6-3-4-7-17(14)26-16)22-11-15-13-25-19(24-15)18-8-5-9-27-18/h3-9,13,16H,2,10-12H2,1H3,(H2,21,22,23). The lowest BCUT2D eigenvalue weighted by atomic mass is 10.1. The summed E-state index contributed by atoms with van der Waals surface area (Å²) in [5.41, 5.74) is 2.06. The Labute approximate surface area is 162 Å². The van der Waals surface area contributed by atoms with Crippen molar-refractivity contribution >= 4 is 17.3 Å². The van der Waals surface area contributed by atoms with Crippen LogP contribution in [0, 0.1) is 0 Å². The average Bonchev–Trinajstić information content (AvgIpc) is 3.43. The van der Waals surface area contributed by atoms with E-state index in [0.717, 1.165) is 35.2 Å². The number of ether oxygens (including phenoxy) is 1. The molecule has 0 spiro atoms. The second kappa shape index (κ2) is 8.26. The number of benzene rings is 1. The Hall–Kier alpha value is -2.80. The molecule has 27 heavy (non-hydrogen) atoms. The Balaban J connectivity index is 1.34. The van der Waals surface area contributed by atoms with E-state index in [1.165, 1.54) is 5.56 Å².